The first kappa shape index (κ1) is 14.7. The van der Waals surface area contributed by atoms with Gasteiger partial charge in [0.05, 0.1) is 0 Å². The van der Waals surface area contributed by atoms with E-state index < -0.39 is 0 Å². The molecule has 2 aromatic rings. The van der Waals surface area contributed by atoms with Crippen LogP contribution in [0.2, 0.25) is 0 Å². The van der Waals surface area contributed by atoms with Gasteiger partial charge in [-0.15, -0.1) is 0 Å². The highest BCUT2D eigenvalue weighted by atomic mass is 16.1. The van der Waals surface area contributed by atoms with E-state index in [1.165, 1.54) is 5.56 Å². The van der Waals surface area contributed by atoms with Gasteiger partial charge in [0.15, 0.2) is 0 Å². The van der Waals surface area contributed by atoms with Gasteiger partial charge >= 0.3 is 0 Å². The zero-order chi connectivity index (χ0) is 14.9. The van der Waals surface area contributed by atoms with E-state index in [9.17, 15) is 4.79 Å². The van der Waals surface area contributed by atoms with E-state index in [1.807, 2.05) is 37.3 Å². The zero-order valence-electron chi connectivity index (χ0n) is 12.1. The molecule has 0 spiro atoms. The van der Waals surface area contributed by atoms with Gasteiger partial charge in [-0.3, -0.25) is 4.79 Å². The summed E-state index contributed by atoms with van der Waals surface area (Å²) >= 11 is 0. The predicted molar refractivity (Wildman–Crippen MR) is 90.7 cm³/mol. The Hall–Kier alpha value is -2.67. The van der Waals surface area contributed by atoms with Crippen LogP contribution in [0.1, 0.15) is 23.6 Å². The summed E-state index contributed by atoms with van der Waals surface area (Å²) < 4.78 is 0. The molecule has 0 aromatic heterocycles. The number of benzene rings is 2. The molecule has 0 radical (unpaired) electrons. The number of hydrogen-bond acceptors (Lipinski definition) is 1. The molecular weight excluding hydrogens is 256 g/mol. The first-order valence-corrected chi connectivity index (χ1v) is 6.91. The topological polar surface area (TPSA) is 17.1 Å². The fraction of sp³-hybridized carbons (Fsp3) is 0.0500. The molecule has 0 saturated heterocycles. The van der Waals surface area contributed by atoms with Crippen molar-refractivity contribution in [1.29, 1.82) is 0 Å². The van der Waals surface area contributed by atoms with Crippen molar-refractivity contribution in [1.82, 2.24) is 0 Å². The summed E-state index contributed by atoms with van der Waals surface area (Å²) in [6.07, 6.45) is 10.5. The molecule has 21 heavy (non-hydrogen) atoms. The maximum absolute atomic E-state index is 10.3. The van der Waals surface area contributed by atoms with Crippen molar-refractivity contribution in [3.63, 3.8) is 0 Å². The van der Waals surface area contributed by atoms with Gasteiger partial charge < -0.3 is 0 Å². The van der Waals surface area contributed by atoms with Gasteiger partial charge in [-0.2, -0.15) is 0 Å². The Bertz CT molecular complexity index is 659. The van der Waals surface area contributed by atoms with E-state index >= 15 is 0 Å². The summed E-state index contributed by atoms with van der Waals surface area (Å²) in [7, 11) is 0. The number of carbonyl (C=O) groups is 1. The minimum absolute atomic E-state index is 0.803. The fourth-order valence-corrected chi connectivity index (χ4v) is 1.87. The Labute approximate surface area is 126 Å². The van der Waals surface area contributed by atoms with Gasteiger partial charge in [-0.25, -0.2) is 0 Å². The van der Waals surface area contributed by atoms with E-state index in [4.69, 9.17) is 0 Å². The molecule has 0 aliphatic heterocycles. The van der Waals surface area contributed by atoms with E-state index in [-0.39, 0.29) is 0 Å². The highest BCUT2D eigenvalue weighted by Gasteiger charge is 1.90. The lowest BCUT2D eigenvalue weighted by Gasteiger charge is -1.97. The molecule has 2 rings (SSSR count). The van der Waals surface area contributed by atoms with Gasteiger partial charge in [0.25, 0.3) is 0 Å². The lowest BCUT2D eigenvalue weighted by Crippen LogP contribution is -1.76. The summed E-state index contributed by atoms with van der Waals surface area (Å²) in [5, 5.41) is 0. The molecule has 1 nitrogen and oxygen atoms in total. The van der Waals surface area contributed by atoms with Gasteiger partial charge in [-0.05, 0) is 35.3 Å². The number of carbonyl (C=O) groups excluding carboxylic acids is 1. The Morgan fingerprint density at radius 1 is 0.762 bits per heavy atom. The monoisotopic (exact) mass is 274 g/mol. The van der Waals surface area contributed by atoms with Crippen LogP contribution in [0.5, 0.6) is 0 Å². The van der Waals surface area contributed by atoms with Crippen LogP contribution in [0.25, 0.3) is 18.2 Å². The highest BCUT2D eigenvalue weighted by molar-refractivity contribution is 5.71. The standard InChI is InChI=1S/C20H18O/c1-17(15-16-21)7-8-19-11-13-20(14-12-19)10-9-18-5-3-2-4-6-18/h2-16H,1H3. The molecule has 1 heteroatoms. The van der Waals surface area contributed by atoms with Crippen LogP contribution in [-0.2, 0) is 4.79 Å². The molecule has 0 saturated carbocycles. The number of rotatable bonds is 5. The molecule has 2 aromatic carbocycles. The largest absolute Gasteiger partial charge is 0.299 e. The van der Waals surface area contributed by atoms with Crippen molar-refractivity contribution in [2.24, 2.45) is 0 Å². The molecule has 0 N–H and O–H groups in total. The number of allylic oxidation sites excluding steroid dienone is 3. The quantitative estimate of drug-likeness (QED) is 0.324. The molecular formula is C20H18O. The Morgan fingerprint density at radius 3 is 1.86 bits per heavy atom. The minimum Gasteiger partial charge on any atom is -0.299 e. The number of hydrogen-bond donors (Lipinski definition) is 0. The summed E-state index contributed by atoms with van der Waals surface area (Å²) in [5.74, 6) is 0. The van der Waals surface area contributed by atoms with Gasteiger partial charge in [0.1, 0.15) is 6.29 Å². The smallest absolute Gasteiger partial charge is 0.143 e. The normalized spacial score (nSPS) is 12.1. The Balaban J connectivity index is 2.04. The van der Waals surface area contributed by atoms with Crippen LogP contribution in [0.3, 0.4) is 0 Å². The Morgan fingerprint density at radius 2 is 1.29 bits per heavy atom. The zero-order valence-corrected chi connectivity index (χ0v) is 12.1. The van der Waals surface area contributed by atoms with Crippen molar-refractivity contribution in [3.8, 4) is 0 Å². The van der Waals surface area contributed by atoms with Crippen LogP contribution in [0, 0.1) is 0 Å². The minimum atomic E-state index is 0.803. The van der Waals surface area contributed by atoms with Crippen molar-refractivity contribution in [3.05, 3.63) is 89.0 Å². The van der Waals surface area contributed by atoms with E-state index in [0.717, 1.165) is 23.0 Å². The van der Waals surface area contributed by atoms with E-state index in [0.29, 0.717) is 0 Å². The SMILES string of the molecule is CC(C=Cc1ccc(C=Cc2ccccc2)cc1)=CC=O. The molecule has 0 bridgehead atoms. The summed E-state index contributed by atoms with van der Waals surface area (Å²) in [4.78, 5) is 10.3. The van der Waals surface area contributed by atoms with E-state index in [1.54, 1.807) is 6.08 Å². The van der Waals surface area contributed by atoms with Gasteiger partial charge in [0.2, 0.25) is 0 Å². The molecule has 0 unspecified atom stereocenters. The predicted octanol–water partition coefficient (Wildman–Crippen LogP) is 5.02. The van der Waals surface area contributed by atoms with Crippen LogP contribution < -0.4 is 0 Å². The Kier molecular flexibility index (Phi) is 5.48. The third-order valence-corrected chi connectivity index (χ3v) is 3.07. The first-order chi connectivity index (χ1) is 10.3. The summed E-state index contributed by atoms with van der Waals surface area (Å²) in [6.45, 7) is 1.90. The molecule has 0 aliphatic carbocycles. The highest BCUT2D eigenvalue weighted by Crippen LogP contribution is 2.11. The lowest BCUT2D eigenvalue weighted by molar-refractivity contribution is -0.104. The fourth-order valence-electron chi connectivity index (χ4n) is 1.87. The first-order valence-electron chi connectivity index (χ1n) is 6.91. The van der Waals surface area contributed by atoms with Crippen LogP contribution in [0.4, 0.5) is 0 Å². The third-order valence-electron chi connectivity index (χ3n) is 3.07. The molecule has 0 fully saturated rings. The van der Waals surface area contributed by atoms with Gasteiger partial charge in [-0.1, -0.05) is 78.9 Å². The second-order valence-electron chi connectivity index (χ2n) is 4.79. The second-order valence-corrected chi connectivity index (χ2v) is 4.79. The van der Waals surface area contributed by atoms with Gasteiger partial charge in [0, 0.05) is 0 Å². The average Bonchev–Trinajstić information content (AvgIpc) is 2.53. The number of aldehydes is 1. The molecule has 0 aliphatic rings. The second kappa shape index (κ2) is 7.81. The molecule has 104 valence electrons. The lowest BCUT2D eigenvalue weighted by atomic mass is 10.1. The maximum Gasteiger partial charge on any atom is 0.143 e. The third kappa shape index (κ3) is 5.07. The van der Waals surface area contributed by atoms with Crippen molar-refractivity contribution < 1.29 is 4.79 Å². The summed E-state index contributed by atoms with van der Waals surface area (Å²) in [6, 6.07) is 18.5. The summed E-state index contributed by atoms with van der Waals surface area (Å²) in [5.41, 5.74) is 4.41. The van der Waals surface area contributed by atoms with Crippen LogP contribution in [0.15, 0.2) is 72.3 Å². The average molecular weight is 274 g/mol. The van der Waals surface area contributed by atoms with Crippen molar-refractivity contribution in [2.75, 3.05) is 0 Å². The maximum atomic E-state index is 10.3. The molecule has 0 amide bonds. The van der Waals surface area contributed by atoms with E-state index in [2.05, 4.69) is 48.6 Å². The van der Waals surface area contributed by atoms with Crippen LogP contribution >= 0.6 is 0 Å². The van der Waals surface area contributed by atoms with Crippen molar-refractivity contribution in [2.45, 2.75) is 6.92 Å². The molecule has 0 atom stereocenters. The van der Waals surface area contributed by atoms with Crippen molar-refractivity contribution >= 4 is 24.5 Å². The van der Waals surface area contributed by atoms with Crippen LogP contribution in [-0.4, -0.2) is 6.29 Å². The molecule has 0 heterocycles.